The third-order valence-corrected chi connectivity index (χ3v) is 16.2. The van der Waals surface area contributed by atoms with Gasteiger partial charge in [-0.25, -0.2) is 0 Å². The van der Waals surface area contributed by atoms with Crippen molar-refractivity contribution < 1.29 is 24.2 Å². The number of aliphatic hydroxyl groups is 1. The van der Waals surface area contributed by atoms with Gasteiger partial charge in [0.2, 0.25) is 0 Å². The monoisotopic (exact) mass is 845 g/mol. The SMILES string of the molecule is C[C@@H]1[C@@H]([Si](C)(C)O)[C@H](CCn2cc(C(CO)c3ccccc3)nn2)O[C@@]12C(=O)N(Cc1ccc(N3CN(c4ccccc4)C4(CCNCC4)C3=O)cc1)c1ccc(Cl)cc12. The lowest BCUT2D eigenvalue weighted by atomic mass is 9.82. The van der Waals surface area contributed by atoms with Gasteiger partial charge in [0.05, 0.1) is 43.2 Å². The summed E-state index contributed by atoms with van der Waals surface area (Å²) in [6.45, 7) is 8.51. The van der Waals surface area contributed by atoms with Crippen molar-refractivity contribution in [3.05, 3.63) is 137 Å². The third kappa shape index (κ3) is 6.85. The van der Waals surface area contributed by atoms with E-state index in [-0.39, 0.29) is 42.3 Å². The van der Waals surface area contributed by atoms with Gasteiger partial charge in [0, 0.05) is 46.2 Å². The quantitative estimate of drug-likeness (QED) is 0.129. The lowest BCUT2D eigenvalue weighted by molar-refractivity contribution is -0.146. The van der Waals surface area contributed by atoms with Crippen LogP contribution < -0.4 is 20.0 Å². The Hall–Kier alpha value is -4.89. The minimum Gasteiger partial charge on any atom is -0.432 e. The molecular formula is C46H52ClN7O5Si. The summed E-state index contributed by atoms with van der Waals surface area (Å²) in [7, 11) is -2.92. The van der Waals surface area contributed by atoms with Crippen molar-refractivity contribution >= 4 is 48.8 Å². The number of aliphatic hydroxyl groups excluding tert-OH is 1. The molecule has 60 heavy (non-hydrogen) atoms. The number of fused-ring (bicyclic) bond motifs is 2. The first-order valence-electron chi connectivity index (χ1n) is 21.0. The number of hydrogen-bond donors (Lipinski definition) is 3. The molecule has 14 heteroatoms. The number of piperidine rings is 1. The number of halogens is 1. The standard InChI is InChI=1S/C46H52ClN7O5Si/c1-31-42(60(2,3)58)41(20-25-51-28-39(49-50-51)37(29-55)33-10-6-4-7-11-33)59-46(31)38-26-34(47)16-19-40(38)52(44(46)57)27-32-14-17-35(18-15-32)53-30-54(36-12-8-5-9-13-36)45(43(53)56)21-23-48-24-22-45/h4-19,26,28,31,37,41-42,48,55,58H,20-25,27,29-30H2,1-3H3/t31-,37?,41+,42-,46+/m1/s1. The Morgan fingerprint density at radius 3 is 2.32 bits per heavy atom. The lowest BCUT2D eigenvalue weighted by Crippen LogP contribution is -2.55. The van der Waals surface area contributed by atoms with E-state index in [0.29, 0.717) is 35.9 Å². The first-order chi connectivity index (χ1) is 28.9. The van der Waals surface area contributed by atoms with Crippen LogP contribution in [0.1, 0.15) is 54.5 Å². The fourth-order valence-electron chi connectivity index (χ4n) is 10.5. The number of nitrogens with zero attached hydrogens (tertiary/aromatic N) is 6. The molecular weight excluding hydrogens is 794 g/mol. The highest BCUT2D eigenvalue weighted by atomic mass is 35.5. The molecule has 0 saturated carbocycles. The number of benzene rings is 4. The summed E-state index contributed by atoms with van der Waals surface area (Å²) in [4.78, 5) is 47.2. The van der Waals surface area contributed by atoms with Crippen LogP contribution in [0.25, 0.3) is 0 Å². The van der Waals surface area contributed by atoms with E-state index in [1.807, 2.05) is 116 Å². The molecule has 0 aliphatic carbocycles. The van der Waals surface area contributed by atoms with Crippen LogP contribution in [0.2, 0.25) is 23.7 Å². The van der Waals surface area contributed by atoms with E-state index in [1.54, 1.807) is 15.6 Å². The van der Waals surface area contributed by atoms with Crippen molar-refractivity contribution in [2.24, 2.45) is 5.92 Å². The number of aromatic nitrogens is 3. The molecule has 312 valence electrons. The maximum atomic E-state index is 15.1. The number of rotatable bonds is 11. The van der Waals surface area contributed by atoms with Crippen LogP contribution >= 0.6 is 11.6 Å². The molecule has 1 aromatic heterocycles. The molecule has 4 aromatic carbocycles. The summed E-state index contributed by atoms with van der Waals surface area (Å²) < 4.78 is 8.81. The maximum Gasteiger partial charge on any atom is 0.264 e. The number of carbonyl (C=O) groups excluding carboxylic acids is 2. The van der Waals surface area contributed by atoms with Gasteiger partial charge in [-0.2, -0.15) is 0 Å². The Balaban J connectivity index is 0.963. The van der Waals surface area contributed by atoms with Crippen LogP contribution in [0.3, 0.4) is 0 Å². The van der Waals surface area contributed by atoms with E-state index in [2.05, 4.69) is 32.7 Å². The third-order valence-electron chi connectivity index (χ3n) is 13.4. The predicted octanol–water partition coefficient (Wildman–Crippen LogP) is 6.42. The summed E-state index contributed by atoms with van der Waals surface area (Å²) in [5.74, 6) is -0.729. The van der Waals surface area contributed by atoms with Crippen LogP contribution in [-0.4, -0.2) is 83.0 Å². The topological polar surface area (TPSA) is 136 Å². The van der Waals surface area contributed by atoms with Crippen LogP contribution in [0.5, 0.6) is 0 Å². The lowest BCUT2D eigenvalue weighted by Gasteiger charge is -2.39. The van der Waals surface area contributed by atoms with Crippen molar-refractivity contribution in [3.8, 4) is 0 Å². The molecule has 0 bridgehead atoms. The normalized spacial score (nSPS) is 24.2. The van der Waals surface area contributed by atoms with Gasteiger partial charge in [-0.1, -0.05) is 84.4 Å². The second kappa shape index (κ2) is 15.9. The Labute approximate surface area is 356 Å². The molecule has 5 aromatic rings. The molecule has 3 fully saturated rings. The minimum atomic E-state index is -2.92. The van der Waals surface area contributed by atoms with Gasteiger partial charge in [-0.3, -0.25) is 19.2 Å². The zero-order valence-electron chi connectivity index (χ0n) is 34.2. The number of para-hydroxylation sites is 1. The highest BCUT2D eigenvalue weighted by molar-refractivity contribution is 6.71. The number of anilines is 3. The van der Waals surface area contributed by atoms with E-state index >= 15 is 4.79 Å². The van der Waals surface area contributed by atoms with E-state index in [9.17, 15) is 14.7 Å². The van der Waals surface area contributed by atoms with Crippen molar-refractivity contribution in [2.45, 2.75) is 81.1 Å². The molecule has 1 unspecified atom stereocenters. The highest BCUT2D eigenvalue weighted by Gasteiger charge is 2.66. The molecule has 2 spiro atoms. The van der Waals surface area contributed by atoms with Gasteiger partial charge in [-0.05, 0) is 99.0 Å². The number of ether oxygens (including phenoxy) is 1. The van der Waals surface area contributed by atoms with E-state index in [0.717, 1.165) is 54.1 Å². The second-order valence-corrected chi connectivity index (χ2v) is 21.8. The van der Waals surface area contributed by atoms with Crippen molar-refractivity contribution in [3.63, 3.8) is 0 Å². The van der Waals surface area contributed by atoms with E-state index in [1.165, 1.54) is 0 Å². The summed E-state index contributed by atoms with van der Waals surface area (Å²) in [6.07, 6.45) is 3.36. The van der Waals surface area contributed by atoms with E-state index < -0.39 is 25.6 Å². The number of nitrogens with one attached hydrogen (secondary N) is 1. The smallest absolute Gasteiger partial charge is 0.264 e. The predicted molar refractivity (Wildman–Crippen MR) is 234 cm³/mol. The molecule has 9 rings (SSSR count). The minimum absolute atomic E-state index is 0.101. The molecule has 0 radical (unpaired) electrons. The summed E-state index contributed by atoms with van der Waals surface area (Å²) >= 11 is 6.67. The second-order valence-electron chi connectivity index (χ2n) is 17.3. The molecule has 3 N–H and O–H groups in total. The van der Waals surface area contributed by atoms with Crippen LogP contribution in [0.15, 0.2) is 109 Å². The number of aryl methyl sites for hydroxylation is 1. The molecule has 4 aliphatic heterocycles. The summed E-state index contributed by atoms with van der Waals surface area (Å²) in [5.41, 5.74) is 3.59. The Morgan fingerprint density at radius 2 is 1.63 bits per heavy atom. The Bertz CT molecular complexity index is 2350. The molecule has 5 atom stereocenters. The Kier molecular flexibility index (Phi) is 10.7. The molecule has 5 heterocycles. The van der Waals surface area contributed by atoms with Crippen LogP contribution in [-0.2, 0) is 33.0 Å². The molecule has 3 saturated heterocycles. The Morgan fingerprint density at radius 1 is 0.933 bits per heavy atom. The van der Waals surface area contributed by atoms with Crippen molar-refractivity contribution in [2.75, 3.05) is 41.1 Å². The number of amides is 2. The largest absolute Gasteiger partial charge is 0.432 e. The average Bonchev–Trinajstić information content (AvgIpc) is 3.98. The van der Waals surface area contributed by atoms with Gasteiger partial charge < -0.3 is 29.8 Å². The maximum absolute atomic E-state index is 15.1. The van der Waals surface area contributed by atoms with E-state index in [4.69, 9.17) is 16.3 Å². The van der Waals surface area contributed by atoms with Gasteiger partial charge in [0.1, 0.15) is 5.54 Å². The van der Waals surface area contributed by atoms with Gasteiger partial charge in [0.25, 0.3) is 11.8 Å². The molecule has 2 amide bonds. The number of hydrogen-bond acceptors (Lipinski definition) is 9. The first kappa shape index (κ1) is 40.5. The van der Waals surface area contributed by atoms with Gasteiger partial charge >= 0.3 is 0 Å². The number of carbonyl (C=O) groups is 2. The van der Waals surface area contributed by atoms with Crippen molar-refractivity contribution in [1.29, 1.82) is 0 Å². The molecule has 4 aliphatic rings. The average molecular weight is 847 g/mol. The van der Waals surface area contributed by atoms with Crippen LogP contribution in [0.4, 0.5) is 17.1 Å². The first-order valence-corrected chi connectivity index (χ1v) is 24.4. The highest BCUT2D eigenvalue weighted by Crippen LogP contribution is 2.60. The molecule has 12 nitrogen and oxygen atoms in total. The fraction of sp³-hybridized carbons (Fsp3) is 0.391. The van der Waals surface area contributed by atoms with Crippen LogP contribution in [0, 0.1) is 5.92 Å². The zero-order valence-corrected chi connectivity index (χ0v) is 36.0. The summed E-state index contributed by atoms with van der Waals surface area (Å²) in [5, 5.41) is 23.0. The van der Waals surface area contributed by atoms with Gasteiger partial charge in [-0.15, -0.1) is 5.10 Å². The fourth-order valence-corrected chi connectivity index (χ4v) is 13.3. The zero-order chi connectivity index (χ0) is 41.8. The van der Waals surface area contributed by atoms with Crippen molar-refractivity contribution in [1.82, 2.24) is 20.3 Å². The summed E-state index contributed by atoms with van der Waals surface area (Å²) in [6, 6.07) is 33.4. The van der Waals surface area contributed by atoms with Gasteiger partial charge in [0.15, 0.2) is 13.9 Å².